The normalized spacial score (nSPS) is 11.8. The number of carbonyl (C=O) groups is 2. The first kappa shape index (κ1) is 20.4. The molecule has 2 amide bonds. The van der Waals surface area contributed by atoms with Crippen LogP contribution in [0.1, 0.15) is 5.56 Å². The minimum Gasteiger partial charge on any atom is -0.342 e. The molecule has 1 atom stereocenters. The molecule has 29 heavy (non-hydrogen) atoms. The zero-order valence-corrected chi connectivity index (χ0v) is 16.0. The van der Waals surface area contributed by atoms with Crippen molar-refractivity contribution in [3.05, 3.63) is 77.9 Å². The molecule has 3 rings (SSSR count). The maximum absolute atomic E-state index is 13.2. The van der Waals surface area contributed by atoms with Crippen molar-refractivity contribution in [2.75, 3.05) is 25.5 Å². The van der Waals surface area contributed by atoms with Gasteiger partial charge in [0.25, 0.3) is 5.91 Å². The molecular weight excluding hydrogens is 376 g/mol. The van der Waals surface area contributed by atoms with Crippen LogP contribution in [-0.2, 0) is 16.1 Å². The molecule has 3 N–H and O–H groups in total. The molecule has 1 unspecified atom stereocenters. The van der Waals surface area contributed by atoms with Crippen LogP contribution in [-0.4, -0.2) is 32.0 Å². The average molecular weight is 398 g/mol. The van der Waals surface area contributed by atoms with Crippen molar-refractivity contribution in [3.8, 4) is 0 Å². The molecule has 0 saturated carbocycles. The van der Waals surface area contributed by atoms with Gasteiger partial charge in [-0.1, -0.05) is 36.4 Å². The zero-order valence-electron chi connectivity index (χ0n) is 16.0. The summed E-state index contributed by atoms with van der Waals surface area (Å²) in [7, 11) is 1.90. The van der Waals surface area contributed by atoms with E-state index in [4.69, 9.17) is 0 Å². The highest BCUT2D eigenvalue weighted by Gasteiger charge is 2.13. The third kappa shape index (κ3) is 5.83. The highest BCUT2D eigenvalue weighted by molar-refractivity contribution is 5.94. The average Bonchev–Trinajstić information content (AvgIpc) is 2.69. The largest absolute Gasteiger partial charge is 0.342 e. The van der Waals surface area contributed by atoms with Crippen molar-refractivity contribution in [2.45, 2.75) is 6.54 Å². The van der Waals surface area contributed by atoms with E-state index in [1.165, 1.54) is 11.5 Å². The minimum atomic E-state index is -1.05. The molecule has 0 radical (unpaired) electrons. The highest BCUT2D eigenvalue weighted by atomic mass is 19.2. The van der Waals surface area contributed by atoms with Gasteiger partial charge in [0.1, 0.15) is 6.54 Å². The number of nitrogens with one attached hydrogen (secondary N) is 3. The third-order valence-electron chi connectivity index (χ3n) is 4.43. The second-order valence-corrected chi connectivity index (χ2v) is 6.95. The standard InChI is InChI=1S/C22H21F2N3O2/c1-27(13-15-6-7-16-4-2-3-5-17(16)10-15)14-22(29)25-12-21(28)26-18-8-9-19(23)20(24)11-18/h2-11H,12-14H2,1H3,(H,25,29)(H,26,28)/p+1. The SMILES string of the molecule is C[NH+](CC(=O)NCC(=O)Nc1ccc(F)c(F)c1)Cc1ccc2ccccc2c1. The molecule has 3 aromatic rings. The number of hydrogen-bond acceptors (Lipinski definition) is 2. The summed E-state index contributed by atoms with van der Waals surface area (Å²) in [5.74, 6) is -2.83. The van der Waals surface area contributed by atoms with Crippen LogP contribution in [0.2, 0.25) is 0 Å². The Morgan fingerprint density at radius 1 is 0.897 bits per heavy atom. The van der Waals surface area contributed by atoms with Crippen LogP contribution in [0.25, 0.3) is 10.8 Å². The molecule has 3 aromatic carbocycles. The van der Waals surface area contributed by atoms with Gasteiger partial charge in [0.05, 0.1) is 13.6 Å². The quantitative estimate of drug-likeness (QED) is 0.569. The van der Waals surface area contributed by atoms with E-state index >= 15 is 0 Å². The summed E-state index contributed by atoms with van der Waals surface area (Å²) in [4.78, 5) is 24.9. The van der Waals surface area contributed by atoms with Gasteiger partial charge in [-0.15, -0.1) is 0 Å². The Balaban J connectivity index is 1.45. The molecule has 0 spiro atoms. The lowest BCUT2D eigenvalue weighted by atomic mass is 10.1. The molecule has 0 aliphatic carbocycles. The molecule has 150 valence electrons. The number of rotatable bonds is 7. The van der Waals surface area contributed by atoms with Crippen LogP contribution in [0.5, 0.6) is 0 Å². The molecule has 0 saturated heterocycles. The Morgan fingerprint density at radius 2 is 1.66 bits per heavy atom. The van der Waals surface area contributed by atoms with Crippen molar-refractivity contribution < 1.29 is 23.3 Å². The summed E-state index contributed by atoms with van der Waals surface area (Å²) in [6.07, 6.45) is 0. The Bertz CT molecular complexity index is 1040. The first-order valence-corrected chi connectivity index (χ1v) is 9.21. The first-order chi connectivity index (χ1) is 13.9. The van der Waals surface area contributed by atoms with E-state index in [1.54, 1.807) is 0 Å². The van der Waals surface area contributed by atoms with Gasteiger partial charge in [0.2, 0.25) is 5.91 Å². The highest BCUT2D eigenvalue weighted by Crippen LogP contribution is 2.15. The molecule has 0 bridgehead atoms. The predicted molar refractivity (Wildman–Crippen MR) is 107 cm³/mol. The Kier molecular flexibility index (Phi) is 6.51. The molecule has 0 aliphatic rings. The van der Waals surface area contributed by atoms with Crippen molar-refractivity contribution in [1.29, 1.82) is 0 Å². The van der Waals surface area contributed by atoms with Gasteiger partial charge in [-0.2, -0.15) is 0 Å². The molecule has 0 heterocycles. The number of quaternary nitrogens is 1. The smallest absolute Gasteiger partial charge is 0.275 e. The maximum atomic E-state index is 13.2. The third-order valence-corrected chi connectivity index (χ3v) is 4.43. The van der Waals surface area contributed by atoms with E-state index < -0.39 is 17.5 Å². The lowest BCUT2D eigenvalue weighted by molar-refractivity contribution is -0.885. The summed E-state index contributed by atoms with van der Waals surface area (Å²) < 4.78 is 26.1. The summed E-state index contributed by atoms with van der Waals surface area (Å²) >= 11 is 0. The summed E-state index contributed by atoms with van der Waals surface area (Å²) in [5, 5.41) is 7.26. The molecular formula is C22H22F2N3O2+. The maximum Gasteiger partial charge on any atom is 0.275 e. The van der Waals surface area contributed by atoms with Crippen molar-refractivity contribution >= 4 is 28.3 Å². The van der Waals surface area contributed by atoms with E-state index in [9.17, 15) is 18.4 Å². The Hall–Kier alpha value is -3.32. The lowest BCUT2D eigenvalue weighted by Gasteiger charge is -2.14. The number of fused-ring (bicyclic) bond motifs is 1. The molecule has 0 aromatic heterocycles. The van der Waals surface area contributed by atoms with Crippen molar-refractivity contribution in [3.63, 3.8) is 0 Å². The fourth-order valence-corrected chi connectivity index (χ4v) is 3.05. The second-order valence-electron chi connectivity index (χ2n) is 6.95. The Labute approximate surface area is 167 Å². The summed E-state index contributed by atoms with van der Waals surface area (Å²) in [5.41, 5.74) is 1.24. The van der Waals surface area contributed by atoms with Gasteiger partial charge in [-0.3, -0.25) is 9.59 Å². The number of amides is 2. The minimum absolute atomic E-state index is 0.127. The Morgan fingerprint density at radius 3 is 2.41 bits per heavy atom. The van der Waals surface area contributed by atoms with E-state index in [-0.39, 0.29) is 24.7 Å². The fourth-order valence-electron chi connectivity index (χ4n) is 3.05. The van der Waals surface area contributed by atoms with Crippen LogP contribution in [0.3, 0.4) is 0 Å². The summed E-state index contributed by atoms with van der Waals surface area (Å²) in [6.45, 7) is 0.617. The lowest BCUT2D eigenvalue weighted by Crippen LogP contribution is -3.08. The molecule has 0 aliphatic heterocycles. The number of anilines is 1. The van der Waals surface area contributed by atoms with Crippen molar-refractivity contribution in [1.82, 2.24) is 5.32 Å². The molecule has 0 fully saturated rings. The number of likely N-dealkylation sites (N-methyl/N-ethyl adjacent to an activating group) is 1. The molecule has 7 heteroatoms. The van der Waals surface area contributed by atoms with Gasteiger partial charge in [0, 0.05) is 17.3 Å². The first-order valence-electron chi connectivity index (χ1n) is 9.21. The van der Waals surface area contributed by atoms with Gasteiger partial charge in [0.15, 0.2) is 18.2 Å². The van der Waals surface area contributed by atoms with Crippen molar-refractivity contribution in [2.24, 2.45) is 0 Å². The van der Waals surface area contributed by atoms with Gasteiger partial charge in [-0.25, -0.2) is 8.78 Å². The zero-order chi connectivity index (χ0) is 20.8. The van der Waals surface area contributed by atoms with E-state index in [0.29, 0.717) is 6.54 Å². The number of carbonyl (C=O) groups excluding carboxylic acids is 2. The number of benzene rings is 3. The van der Waals surface area contributed by atoms with E-state index in [0.717, 1.165) is 28.0 Å². The van der Waals surface area contributed by atoms with Gasteiger partial charge in [-0.05, 0) is 29.0 Å². The van der Waals surface area contributed by atoms with Crippen LogP contribution >= 0.6 is 0 Å². The van der Waals surface area contributed by atoms with E-state index in [1.807, 2.05) is 31.3 Å². The van der Waals surface area contributed by atoms with Crippen LogP contribution in [0.4, 0.5) is 14.5 Å². The van der Waals surface area contributed by atoms with Crippen LogP contribution in [0, 0.1) is 11.6 Å². The monoisotopic (exact) mass is 398 g/mol. The van der Waals surface area contributed by atoms with Gasteiger partial charge >= 0.3 is 0 Å². The topological polar surface area (TPSA) is 62.6 Å². The molecule has 5 nitrogen and oxygen atoms in total. The second kappa shape index (κ2) is 9.25. The number of halogens is 2. The van der Waals surface area contributed by atoms with Crippen LogP contribution < -0.4 is 15.5 Å². The van der Waals surface area contributed by atoms with E-state index in [2.05, 4.69) is 28.8 Å². The number of hydrogen-bond donors (Lipinski definition) is 3. The van der Waals surface area contributed by atoms with Crippen LogP contribution in [0.15, 0.2) is 60.7 Å². The fraction of sp³-hybridized carbons (Fsp3) is 0.182. The predicted octanol–water partition coefficient (Wildman–Crippen LogP) is 1.89. The van der Waals surface area contributed by atoms with Gasteiger partial charge < -0.3 is 15.5 Å². The summed E-state index contributed by atoms with van der Waals surface area (Å²) in [6, 6.07) is 17.3.